The van der Waals surface area contributed by atoms with E-state index in [1.165, 1.54) is 23.1 Å². The molecule has 12 heteroatoms. The summed E-state index contributed by atoms with van der Waals surface area (Å²) in [5.74, 6) is 0.348. The highest BCUT2D eigenvalue weighted by Gasteiger charge is 2.26. The molecule has 1 aromatic carbocycles. The number of nitrogens with one attached hydrogen (secondary N) is 2. The molecule has 0 saturated heterocycles. The highest BCUT2D eigenvalue weighted by atomic mass is 32.2. The number of carbonyl (C=O) groups is 3. The zero-order valence-corrected chi connectivity index (χ0v) is 23.1. The summed E-state index contributed by atoms with van der Waals surface area (Å²) in [5, 5.41) is 15.0. The number of hydrogen-bond acceptors (Lipinski definition) is 9. The zero-order chi connectivity index (χ0) is 26.9. The largest absolute Gasteiger partial charge is 0.484 e. The number of thioether (sulfide) groups is 1. The fourth-order valence-corrected chi connectivity index (χ4v) is 6.09. The second kappa shape index (κ2) is 13.4. The van der Waals surface area contributed by atoms with E-state index in [0.29, 0.717) is 27.3 Å². The molecule has 10 nitrogen and oxygen atoms in total. The van der Waals surface area contributed by atoms with E-state index in [1.54, 1.807) is 30.7 Å². The molecule has 3 aromatic rings. The van der Waals surface area contributed by atoms with Crippen molar-refractivity contribution in [3.8, 4) is 5.75 Å². The zero-order valence-electron chi connectivity index (χ0n) is 21.5. The second-order valence-corrected chi connectivity index (χ2v) is 10.7. The lowest BCUT2D eigenvalue weighted by atomic mass is 10.1. The molecule has 2 N–H and O–H groups in total. The molecular weight excluding hydrogens is 526 g/mol. The van der Waals surface area contributed by atoms with Crippen molar-refractivity contribution in [2.45, 2.75) is 50.7 Å². The van der Waals surface area contributed by atoms with Crippen LogP contribution in [0.5, 0.6) is 5.75 Å². The molecule has 0 aliphatic heterocycles. The van der Waals surface area contributed by atoms with Crippen LogP contribution in [0.3, 0.4) is 0 Å². The maximum Gasteiger partial charge on any atom is 0.341 e. The minimum Gasteiger partial charge on any atom is -0.484 e. The van der Waals surface area contributed by atoms with Gasteiger partial charge in [0.1, 0.15) is 10.8 Å². The number of aromatic nitrogens is 3. The van der Waals surface area contributed by atoms with Gasteiger partial charge in [0.15, 0.2) is 17.6 Å². The molecule has 0 atom stereocenters. The number of carbonyl (C=O) groups excluding carboxylic acids is 3. The summed E-state index contributed by atoms with van der Waals surface area (Å²) in [4.78, 5) is 38.8. The molecule has 1 aliphatic carbocycles. The Balaban J connectivity index is 1.30. The van der Waals surface area contributed by atoms with E-state index in [1.807, 2.05) is 18.2 Å². The first-order valence-corrected chi connectivity index (χ1v) is 14.3. The number of rotatable bonds is 11. The number of benzene rings is 1. The fourth-order valence-electron chi connectivity index (χ4n) is 4.06. The molecule has 38 heavy (non-hydrogen) atoms. The van der Waals surface area contributed by atoms with Crippen LogP contribution in [0.15, 0.2) is 35.5 Å². The number of amides is 2. The topological polar surface area (TPSA) is 124 Å². The predicted molar refractivity (Wildman–Crippen MR) is 146 cm³/mol. The van der Waals surface area contributed by atoms with Crippen molar-refractivity contribution in [3.05, 3.63) is 52.2 Å². The molecule has 4 rings (SSSR count). The van der Waals surface area contributed by atoms with Crippen LogP contribution >= 0.6 is 23.1 Å². The van der Waals surface area contributed by atoms with Crippen LogP contribution < -0.4 is 15.4 Å². The van der Waals surface area contributed by atoms with Crippen LogP contribution in [-0.2, 0) is 40.8 Å². The summed E-state index contributed by atoms with van der Waals surface area (Å²) in [6, 6.07) is 9.10. The standard InChI is InChI=1S/C26H31N5O5S2/c1-3-35-25(34)23-18-12-8-5-9-13-19(18)38-24(23)28-22(33)16-37-26-30-29-20(31(26)2)14-27-21(32)15-36-17-10-6-4-7-11-17/h4,6-7,10-11H,3,5,8-9,12-16H2,1-2H3,(H,27,32)(H,28,33). The molecule has 0 bridgehead atoms. The van der Waals surface area contributed by atoms with Gasteiger partial charge in [-0.3, -0.25) is 9.59 Å². The normalized spacial score (nSPS) is 12.8. The molecule has 2 heterocycles. The lowest BCUT2D eigenvalue weighted by Crippen LogP contribution is -2.29. The number of para-hydroxylation sites is 1. The van der Waals surface area contributed by atoms with E-state index in [4.69, 9.17) is 9.47 Å². The third-order valence-corrected chi connectivity index (χ3v) is 8.20. The summed E-state index contributed by atoms with van der Waals surface area (Å²) in [5.41, 5.74) is 1.52. The van der Waals surface area contributed by atoms with E-state index in [9.17, 15) is 14.4 Å². The molecular formula is C26H31N5O5S2. The summed E-state index contributed by atoms with van der Waals surface area (Å²) in [7, 11) is 1.78. The van der Waals surface area contributed by atoms with Crippen LogP contribution in [0.2, 0.25) is 0 Å². The Morgan fingerprint density at radius 1 is 1.08 bits per heavy atom. The third-order valence-electron chi connectivity index (χ3n) is 5.97. The number of hydrogen-bond donors (Lipinski definition) is 2. The molecule has 202 valence electrons. The predicted octanol–water partition coefficient (Wildman–Crippen LogP) is 3.75. The molecule has 1 aliphatic rings. The molecule has 0 fully saturated rings. The highest BCUT2D eigenvalue weighted by Crippen LogP contribution is 2.38. The number of fused-ring (bicyclic) bond motifs is 1. The minimum atomic E-state index is -0.385. The number of ether oxygens (including phenoxy) is 2. The average Bonchev–Trinajstić information content (AvgIpc) is 3.35. The minimum absolute atomic E-state index is 0.0913. The average molecular weight is 558 g/mol. The van der Waals surface area contributed by atoms with E-state index in [2.05, 4.69) is 20.8 Å². The van der Waals surface area contributed by atoms with Gasteiger partial charge in [0, 0.05) is 11.9 Å². The van der Waals surface area contributed by atoms with Crippen LogP contribution in [0, 0.1) is 0 Å². The van der Waals surface area contributed by atoms with Gasteiger partial charge in [-0.1, -0.05) is 36.4 Å². The van der Waals surface area contributed by atoms with E-state index >= 15 is 0 Å². The van der Waals surface area contributed by atoms with E-state index in [0.717, 1.165) is 42.5 Å². The van der Waals surface area contributed by atoms with Gasteiger partial charge in [-0.05, 0) is 50.3 Å². The van der Waals surface area contributed by atoms with Crippen molar-refractivity contribution < 1.29 is 23.9 Å². The van der Waals surface area contributed by atoms with Gasteiger partial charge in [0.25, 0.3) is 5.91 Å². The molecule has 0 spiro atoms. The summed E-state index contributed by atoms with van der Waals surface area (Å²) < 4.78 is 12.5. The summed E-state index contributed by atoms with van der Waals surface area (Å²) in [6.07, 6.45) is 4.96. The highest BCUT2D eigenvalue weighted by molar-refractivity contribution is 7.99. The number of anilines is 1. The van der Waals surface area contributed by atoms with Crippen molar-refractivity contribution in [2.75, 3.05) is 24.3 Å². The first-order valence-electron chi connectivity index (χ1n) is 12.5. The van der Waals surface area contributed by atoms with Crippen molar-refractivity contribution in [2.24, 2.45) is 7.05 Å². The quantitative estimate of drug-likeness (QED) is 0.208. The Bertz CT molecular complexity index is 1270. The summed E-state index contributed by atoms with van der Waals surface area (Å²) in [6.45, 7) is 2.12. The number of aryl methyl sites for hydroxylation is 1. The van der Waals surface area contributed by atoms with Gasteiger partial charge < -0.3 is 24.7 Å². The molecule has 0 radical (unpaired) electrons. The number of thiophene rings is 1. The fraction of sp³-hybridized carbons (Fsp3) is 0.423. The van der Waals surface area contributed by atoms with Gasteiger partial charge in [-0.25, -0.2) is 4.79 Å². The van der Waals surface area contributed by atoms with Crippen molar-refractivity contribution in [3.63, 3.8) is 0 Å². The van der Waals surface area contributed by atoms with Gasteiger partial charge in [0.05, 0.1) is 24.5 Å². The van der Waals surface area contributed by atoms with Gasteiger partial charge >= 0.3 is 5.97 Å². The monoisotopic (exact) mass is 557 g/mol. The molecule has 2 amide bonds. The lowest BCUT2D eigenvalue weighted by Gasteiger charge is -2.09. The Morgan fingerprint density at radius 3 is 2.66 bits per heavy atom. The summed E-state index contributed by atoms with van der Waals surface area (Å²) >= 11 is 2.70. The van der Waals surface area contributed by atoms with Gasteiger partial charge in [-0.2, -0.15) is 0 Å². The van der Waals surface area contributed by atoms with E-state index < -0.39 is 0 Å². The Morgan fingerprint density at radius 2 is 1.87 bits per heavy atom. The first kappa shape index (κ1) is 27.6. The van der Waals surface area contributed by atoms with Crippen LogP contribution in [0.4, 0.5) is 5.00 Å². The van der Waals surface area contributed by atoms with Crippen LogP contribution in [-0.4, -0.2) is 51.5 Å². The Kier molecular flexibility index (Phi) is 9.77. The SMILES string of the molecule is CCOC(=O)c1c(NC(=O)CSc2nnc(CNC(=O)COc3ccccc3)n2C)sc2c1CCCCC2. The maximum absolute atomic E-state index is 12.8. The van der Waals surface area contributed by atoms with Crippen LogP contribution in [0.25, 0.3) is 0 Å². The third kappa shape index (κ3) is 7.13. The van der Waals surface area contributed by atoms with Gasteiger partial charge in [-0.15, -0.1) is 21.5 Å². The molecule has 0 saturated carbocycles. The van der Waals surface area contributed by atoms with Crippen LogP contribution in [0.1, 0.15) is 52.8 Å². The lowest BCUT2D eigenvalue weighted by molar-refractivity contribution is -0.123. The smallest absolute Gasteiger partial charge is 0.341 e. The Labute approximate surface area is 229 Å². The van der Waals surface area contributed by atoms with Crippen molar-refractivity contribution in [1.29, 1.82) is 0 Å². The van der Waals surface area contributed by atoms with Crippen molar-refractivity contribution in [1.82, 2.24) is 20.1 Å². The number of nitrogens with zero attached hydrogens (tertiary/aromatic N) is 3. The second-order valence-electron chi connectivity index (χ2n) is 8.66. The number of esters is 1. The van der Waals surface area contributed by atoms with Crippen molar-refractivity contribution >= 4 is 45.9 Å². The molecule has 2 aromatic heterocycles. The maximum atomic E-state index is 12.8. The first-order chi connectivity index (χ1) is 18.5. The Hall–Kier alpha value is -3.38. The molecule has 0 unspecified atom stereocenters. The van der Waals surface area contributed by atoms with E-state index in [-0.39, 0.29) is 43.3 Å². The van der Waals surface area contributed by atoms with Gasteiger partial charge in [0.2, 0.25) is 5.91 Å².